The van der Waals surface area contributed by atoms with Crippen LogP contribution in [-0.2, 0) is 6.18 Å². The fraction of sp³-hybridized carbons (Fsp3) is 0.0667. The Labute approximate surface area is 159 Å². The molecule has 0 aliphatic heterocycles. The van der Waals surface area contributed by atoms with E-state index in [1.54, 1.807) is 18.2 Å². The van der Waals surface area contributed by atoms with E-state index in [0.29, 0.717) is 18.1 Å². The summed E-state index contributed by atoms with van der Waals surface area (Å²) in [7, 11) is 0. The van der Waals surface area contributed by atoms with E-state index in [2.05, 4.69) is 30.6 Å². The van der Waals surface area contributed by atoms with Crippen LogP contribution in [-0.4, -0.2) is 24.9 Å². The highest BCUT2D eigenvalue weighted by Gasteiger charge is 2.32. The zero-order valence-electron chi connectivity index (χ0n) is 13.6. The summed E-state index contributed by atoms with van der Waals surface area (Å²) in [6, 6.07) is 5.53. The third kappa shape index (κ3) is 4.23. The maximum atomic E-state index is 12.7. The lowest BCUT2D eigenvalue weighted by Crippen LogP contribution is -2.09. The Morgan fingerprint density at radius 3 is 2.32 bits per heavy atom. The van der Waals surface area contributed by atoms with Gasteiger partial charge in [-0.3, -0.25) is 10.1 Å². The fourth-order valence-corrected chi connectivity index (χ4v) is 2.30. The van der Waals surface area contributed by atoms with Crippen LogP contribution in [0.4, 0.5) is 42.1 Å². The van der Waals surface area contributed by atoms with E-state index in [9.17, 15) is 23.3 Å². The van der Waals surface area contributed by atoms with Crippen molar-refractivity contribution < 1.29 is 18.1 Å². The van der Waals surface area contributed by atoms with E-state index < -0.39 is 22.4 Å². The normalized spacial score (nSPS) is 11.1. The molecule has 144 valence electrons. The van der Waals surface area contributed by atoms with Crippen LogP contribution in [0.5, 0.6) is 0 Å². The number of hydrogen-bond donors (Lipinski definition) is 2. The lowest BCUT2D eigenvalue weighted by atomic mass is 10.2. The quantitative estimate of drug-likeness (QED) is 0.470. The third-order valence-corrected chi connectivity index (χ3v) is 3.61. The van der Waals surface area contributed by atoms with Gasteiger partial charge in [0.25, 0.3) is 0 Å². The molecule has 0 saturated heterocycles. The van der Waals surface area contributed by atoms with Crippen molar-refractivity contribution in [1.29, 1.82) is 0 Å². The molecule has 0 fully saturated rings. The second kappa shape index (κ2) is 7.60. The zero-order chi connectivity index (χ0) is 20.3. The molecule has 0 unspecified atom stereocenters. The van der Waals surface area contributed by atoms with Gasteiger partial charge in [-0.25, -0.2) is 19.9 Å². The molecule has 0 radical (unpaired) electrons. The number of nitrogens with zero attached hydrogens (tertiary/aromatic N) is 5. The second-order valence-electron chi connectivity index (χ2n) is 5.19. The predicted octanol–water partition coefficient (Wildman–Crippen LogP) is 4.33. The van der Waals surface area contributed by atoms with Gasteiger partial charge in [0.15, 0.2) is 5.82 Å². The minimum absolute atomic E-state index is 0.177. The fourth-order valence-electron chi connectivity index (χ4n) is 2.09. The molecule has 3 aromatic heterocycles. The molecule has 0 aliphatic rings. The van der Waals surface area contributed by atoms with Crippen LogP contribution in [0.25, 0.3) is 0 Å². The highest BCUT2D eigenvalue weighted by molar-refractivity contribution is 6.33. The van der Waals surface area contributed by atoms with Gasteiger partial charge in [-0.2, -0.15) is 13.2 Å². The first kappa shape index (κ1) is 19.2. The van der Waals surface area contributed by atoms with E-state index in [0.717, 1.165) is 6.33 Å². The molecule has 13 heteroatoms. The number of aromatic nitrogens is 4. The average molecular weight is 412 g/mol. The molecule has 3 aromatic rings. The maximum Gasteiger partial charge on any atom is 0.417 e. The monoisotopic (exact) mass is 411 g/mol. The lowest BCUT2D eigenvalue weighted by Gasteiger charge is -2.11. The van der Waals surface area contributed by atoms with Crippen LogP contribution >= 0.6 is 11.6 Å². The smallest absolute Gasteiger partial charge is 0.319 e. The number of nitro groups is 1. The van der Waals surface area contributed by atoms with Gasteiger partial charge in [-0.05, 0) is 18.2 Å². The Bertz CT molecular complexity index is 1020. The Morgan fingerprint density at radius 1 is 1.04 bits per heavy atom. The summed E-state index contributed by atoms with van der Waals surface area (Å²) < 4.78 is 38.1. The Hall–Kier alpha value is -3.54. The molecule has 0 atom stereocenters. The van der Waals surface area contributed by atoms with E-state index >= 15 is 0 Å². The first-order valence-electron chi connectivity index (χ1n) is 7.43. The second-order valence-corrected chi connectivity index (χ2v) is 5.60. The van der Waals surface area contributed by atoms with Gasteiger partial charge in [-0.15, -0.1) is 0 Å². The summed E-state index contributed by atoms with van der Waals surface area (Å²) in [5.74, 6) is -0.432. The highest BCUT2D eigenvalue weighted by atomic mass is 35.5. The first-order valence-corrected chi connectivity index (χ1v) is 7.80. The van der Waals surface area contributed by atoms with Crippen LogP contribution in [0.3, 0.4) is 0 Å². The molecule has 3 heterocycles. The molecule has 0 aliphatic carbocycles. The Morgan fingerprint density at radius 2 is 1.75 bits per heavy atom. The number of alkyl halides is 3. The molecule has 3 rings (SSSR count). The van der Waals surface area contributed by atoms with E-state index in [1.807, 2.05) is 0 Å². The summed E-state index contributed by atoms with van der Waals surface area (Å²) in [5.41, 5.74) is -1.62. The van der Waals surface area contributed by atoms with Gasteiger partial charge in [0.2, 0.25) is 11.6 Å². The van der Waals surface area contributed by atoms with E-state index in [4.69, 9.17) is 11.6 Å². The van der Waals surface area contributed by atoms with Gasteiger partial charge < -0.3 is 10.6 Å². The van der Waals surface area contributed by atoms with Gasteiger partial charge in [-0.1, -0.05) is 17.7 Å². The SMILES string of the molecule is O=[N+]([O-])c1c(Nc2ccccn2)ncnc1Nc1ncc(C(F)(F)F)cc1Cl. The van der Waals surface area contributed by atoms with Crippen LogP contribution in [0, 0.1) is 10.1 Å². The average Bonchev–Trinajstić information content (AvgIpc) is 2.63. The van der Waals surface area contributed by atoms with Crippen molar-refractivity contribution >= 4 is 40.6 Å². The summed E-state index contributed by atoms with van der Waals surface area (Å²) in [5, 5.41) is 16.3. The number of halogens is 4. The molecule has 0 bridgehead atoms. The summed E-state index contributed by atoms with van der Waals surface area (Å²) >= 11 is 5.82. The standard InChI is InChI=1S/C15H9ClF3N7O2/c16-9-5-8(15(17,18)19)6-21-12(9)25-14-11(26(27)28)13(22-7-23-14)24-10-3-1-2-4-20-10/h1-7H,(H2,20,21,22,23,24,25). The van der Waals surface area contributed by atoms with Crippen molar-refractivity contribution in [2.75, 3.05) is 10.6 Å². The highest BCUT2D eigenvalue weighted by Crippen LogP contribution is 2.36. The summed E-state index contributed by atoms with van der Waals surface area (Å²) in [4.78, 5) is 25.9. The van der Waals surface area contributed by atoms with Gasteiger partial charge in [0.05, 0.1) is 15.5 Å². The van der Waals surface area contributed by atoms with E-state index in [1.165, 1.54) is 6.20 Å². The molecular weight excluding hydrogens is 403 g/mol. The van der Waals surface area contributed by atoms with Crippen molar-refractivity contribution in [2.45, 2.75) is 6.18 Å². The van der Waals surface area contributed by atoms with Crippen molar-refractivity contribution in [3.05, 3.63) is 63.7 Å². The molecule has 0 spiro atoms. The molecule has 0 aromatic carbocycles. The number of nitrogens with one attached hydrogen (secondary N) is 2. The lowest BCUT2D eigenvalue weighted by molar-refractivity contribution is -0.383. The minimum Gasteiger partial charge on any atom is -0.319 e. The number of anilines is 4. The zero-order valence-corrected chi connectivity index (χ0v) is 14.4. The van der Waals surface area contributed by atoms with Crippen molar-refractivity contribution in [1.82, 2.24) is 19.9 Å². The predicted molar refractivity (Wildman–Crippen MR) is 93.7 cm³/mol. The number of hydrogen-bond acceptors (Lipinski definition) is 8. The van der Waals surface area contributed by atoms with Crippen molar-refractivity contribution in [3.63, 3.8) is 0 Å². The molecule has 0 saturated carbocycles. The van der Waals surface area contributed by atoms with Crippen molar-refractivity contribution in [3.8, 4) is 0 Å². The molecule has 9 nitrogen and oxygen atoms in total. The number of rotatable bonds is 5. The largest absolute Gasteiger partial charge is 0.417 e. The van der Waals surface area contributed by atoms with Crippen LogP contribution in [0.15, 0.2) is 43.0 Å². The van der Waals surface area contributed by atoms with Crippen LogP contribution < -0.4 is 10.6 Å². The topological polar surface area (TPSA) is 119 Å². The maximum absolute atomic E-state index is 12.7. The summed E-state index contributed by atoms with van der Waals surface area (Å²) in [6.07, 6.45) is -1.58. The Balaban J connectivity index is 1.96. The minimum atomic E-state index is -4.63. The van der Waals surface area contributed by atoms with Gasteiger partial charge in [0.1, 0.15) is 12.1 Å². The summed E-state index contributed by atoms with van der Waals surface area (Å²) in [6.45, 7) is 0. The molecular formula is C15H9ClF3N7O2. The first-order chi connectivity index (χ1) is 13.3. The molecule has 0 amide bonds. The van der Waals surface area contributed by atoms with Crippen molar-refractivity contribution in [2.24, 2.45) is 0 Å². The number of pyridine rings is 2. The van der Waals surface area contributed by atoms with E-state index in [-0.39, 0.29) is 22.5 Å². The Kier molecular flexibility index (Phi) is 5.22. The molecule has 28 heavy (non-hydrogen) atoms. The van der Waals surface area contributed by atoms with Crippen LogP contribution in [0.2, 0.25) is 5.02 Å². The van der Waals surface area contributed by atoms with Gasteiger partial charge in [0, 0.05) is 12.4 Å². The van der Waals surface area contributed by atoms with Crippen LogP contribution in [0.1, 0.15) is 5.56 Å². The third-order valence-electron chi connectivity index (χ3n) is 3.32. The molecule has 2 N–H and O–H groups in total. The van der Waals surface area contributed by atoms with Gasteiger partial charge >= 0.3 is 11.9 Å².